The van der Waals surface area contributed by atoms with Crippen molar-refractivity contribution in [2.75, 3.05) is 5.32 Å². The number of hydrogen-bond donors (Lipinski definition) is 1. The van der Waals surface area contributed by atoms with Crippen molar-refractivity contribution >= 4 is 17.6 Å². The van der Waals surface area contributed by atoms with Crippen molar-refractivity contribution in [1.29, 1.82) is 0 Å². The smallest absolute Gasteiger partial charge is 0.306 e. The first-order chi connectivity index (χ1) is 8.47. The molecular formula is C14H17NO3. The molecule has 1 fully saturated rings. The van der Waals surface area contributed by atoms with Crippen LogP contribution in [-0.4, -0.2) is 17.5 Å². The highest BCUT2D eigenvalue weighted by atomic mass is 16.6. The largest absolute Gasteiger partial charge is 0.459 e. The van der Waals surface area contributed by atoms with Gasteiger partial charge in [0.05, 0.1) is 6.42 Å². The Labute approximate surface area is 106 Å². The highest BCUT2D eigenvalue weighted by Gasteiger charge is 2.42. The van der Waals surface area contributed by atoms with E-state index in [1.54, 1.807) is 0 Å². The number of amides is 1. The molecule has 96 valence electrons. The van der Waals surface area contributed by atoms with E-state index >= 15 is 0 Å². The van der Waals surface area contributed by atoms with Gasteiger partial charge < -0.3 is 10.1 Å². The minimum atomic E-state index is -0.550. The number of anilines is 1. The minimum absolute atomic E-state index is 0.0614. The third-order valence-corrected chi connectivity index (χ3v) is 3.26. The van der Waals surface area contributed by atoms with Crippen molar-refractivity contribution < 1.29 is 14.3 Å². The molecule has 1 heterocycles. The number of cyclic esters (lactones) is 1. The summed E-state index contributed by atoms with van der Waals surface area (Å²) in [5.74, 6) is -0.371. The fourth-order valence-electron chi connectivity index (χ4n) is 2.14. The molecule has 0 aromatic heterocycles. The Morgan fingerprint density at radius 3 is 2.61 bits per heavy atom. The van der Waals surface area contributed by atoms with E-state index in [4.69, 9.17) is 4.74 Å². The number of esters is 1. The quantitative estimate of drug-likeness (QED) is 0.834. The normalized spacial score (nSPS) is 21.4. The van der Waals surface area contributed by atoms with Crippen LogP contribution in [0.15, 0.2) is 30.3 Å². The summed E-state index contributed by atoms with van der Waals surface area (Å²) < 4.78 is 5.19. The zero-order valence-electron chi connectivity index (χ0n) is 10.6. The molecule has 1 aliphatic heterocycles. The van der Waals surface area contributed by atoms with E-state index in [9.17, 15) is 9.59 Å². The van der Waals surface area contributed by atoms with Gasteiger partial charge in [0.25, 0.3) is 0 Å². The van der Waals surface area contributed by atoms with Crippen molar-refractivity contribution in [1.82, 2.24) is 0 Å². The van der Waals surface area contributed by atoms with Crippen LogP contribution in [0.4, 0.5) is 5.69 Å². The molecule has 2 rings (SSSR count). The molecule has 0 aliphatic carbocycles. The molecule has 1 aromatic rings. The van der Waals surface area contributed by atoms with E-state index in [2.05, 4.69) is 5.32 Å². The lowest BCUT2D eigenvalue weighted by Gasteiger charge is -2.24. The second-order valence-corrected chi connectivity index (χ2v) is 5.10. The number of ether oxygens (including phenoxy) is 1. The highest BCUT2D eigenvalue weighted by Crippen LogP contribution is 2.34. The predicted octanol–water partition coefficient (Wildman–Crippen LogP) is 2.36. The summed E-state index contributed by atoms with van der Waals surface area (Å²) in [5.41, 5.74) is 0.219. The number of rotatable bonds is 3. The van der Waals surface area contributed by atoms with Crippen LogP contribution in [0.3, 0.4) is 0 Å². The summed E-state index contributed by atoms with van der Waals surface area (Å²) >= 11 is 0. The van der Waals surface area contributed by atoms with Gasteiger partial charge in [0.2, 0.25) is 5.91 Å². The van der Waals surface area contributed by atoms with Gasteiger partial charge in [-0.15, -0.1) is 0 Å². The van der Waals surface area contributed by atoms with Gasteiger partial charge in [-0.2, -0.15) is 0 Å². The summed E-state index contributed by atoms with van der Waals surface area (Å²) in [6.07, 6.45) is 0.614. The Bertz CT molecular complexity index is 453. The first kappa shape index (κ1) is 12.6. The molecule has 4 nitrogen and oxygen atoms in total. The maximum Gasteiger partial charge on any atom is 0.306 e. The highest BCUT2D eigenvalue weighted by molar-refractivity contribution is 5.91. The van der Waals surface area contributed by atoms with Crippen LogP contribution < -0.4 is 5.32 Å². The van der Waals surface area contributed by atoms with E-state index in [-0.39, 0.29) is 17.8 Å². The van der Waals surface area contributed by atoms with Crippen LogP contribution in [0.25, 0.3) is 0 Å². The van der Waals surface area contributed by atoms with Gasteiger partial charge in [-0.05, 0) is 26.0 Å². The predicted molar refractivity (Wildman–Crippen MR) is 68.0 cm³/mol. The fraction of sp³-hybridized carbons (Fsp3) is 0.429. The summed E-state index contributed by atoms with van der Waals surface area (Å²) in [6, 6.07) is 9.28. The van der Waals surface area contributed by atoms with Crippen molar-refractivity contribution in [3.8, 4) is 0 Å². The van der Waals surface area contributed by atoms with Crippen LogP contribution in [0, 0.1) is 5.92 Å². The van der Waals surface area contributed by atoms with Crippen LogP contribution >= 0.6 is 0 Å². The number of carbonyl (C=O) groups excluding carboxylic acids is 2. The third-order valence-electron chi connectivity index (χ3n) is 3.26. The number of benzene rings is 1. The zero-order chi connectivity index (χ0) is 13.2. The second kappa shape index (κ2) is 4.80. The molecule has 1 amide bonds. The van der Waals surface area contributed by atoms with Crippen molar-refractivity contribution in [3.63, 3.8) is 0 Å². The molecule has 0 spiro atoms. The lowest BCUT2D eigenvalue weighted by molar-refractivity contribution is -0.147. The number of para-hydroxylation sites is 1. The third kappa shape index (κ3) is 2.88. The van der Waals surface area contributed by atoms with Gasteiger partial charge >= 0.3 is 5.97 Å². The summed E-state index contributed by atoms with van der Waals surface area (Å²) in [6.45, 7) is 3.69. The topological polar surface area (TPSA) is 55.4 Å². The van der Waals surface area contributed by atoms with Crippen molar-refractivity contribution in [2.45, 2.75) is 32.3 Å². The molecular weight excluding hydrogens is 230 g/mol. The molecule has 0 bridgehead atoms. The average Bonchev–Trinajstić information content (AvgIpc) is 2.52. The maximum atomic E-state index is 11.9. The van der Waals surface area contributed by atoms with E-state index in [0.717, 1.165) is 5.69 Å². The van der Waals surface area contributed by atoms with Crippen molar-refractivity contribution in [2.24, 2.45) is 5.92 Å². The number of hydrogen-bond acceptors (Lipinski definition) is 3. The first-order valence-corrected chi connectivity index (χ1v) is 6.04. The standard InChI is InChI=1S/C14H17NO3/c1-14(2)10(9-13(17)18-14)8-12(16)15-11-6-4-3-5-7-11/h3-7,10H,8-9H2,1-2H3,(H,15,16)/t10-/m1/s1. The van der Waals surface area contributed by atoms with Crippen LogP contribution in [0.5, 0.6) is 0 Å². The molecule has 1 saturated heterocycles. The van der Waals surface area contributed by atoms with E-state index in [0.29, 0.717) is 12.8 Å². The average molecular weight is 247 g/mol. The molecule has 1 aliphatic rings. The van der Waals surface area contributed by atoms with Gasteiger partial charge in [0.15, 0.2) is 0 Å². The molecule has 0 saturated carbocycles. The van der Waals surface area contributed by atoms with Gasteiger partial charge in [-0.1, -0.05) is 18.2 Å². The Morgan fingerprint density at radius 2 is 2.06 bits per heavy atom. The molecule has 4 heteroatoms. The Balaban J connectivity index is 1.94. The van der Waals surface area contributed by atoms with Crippen LogP contribution in [0.1, 0.15) is 26.7 Å². The SMILES string of the molecule is CC1(C)OC(=O)C[C@H]1CC(=O)Nc1ccccc1. The lowest BCUT2D eigenvalue weighted by Crippen LogP contribution is -2.30. The monoisotopic (exact) mass is 247 g/mol. The Hall–Kier alpha value is -1.84. The summed E-state index contributed by atoms with van der Waals surface area (Å²) in [7, 11) is 0. The maximum absolute atomic E-state index is 11.9. The van der Waals surface area contributed by atoms with Gasteiger partial charge in [0.1, 0.15) is 5.60 Å². The minimum Gasteiger partial charge on any atom is -0.459 e. The number of carbonyl (C=O) groups is 2. The molecule has 0 unspecified atom stereocenters. The van der Waals surface area contributed by atoms with E-state index in [1.807, 2.05) is 44.2 Å². The van der Waals surface area contributed by atoms with E-state index in [1.165, 1.54) is 0 Å². The van der Waals surface area contributed by atoms with E-state index < -0.39 is 5.60 Å². The molecule has 18 heavy (non-hydrogen) atoms. The fourth-order valence-corrected chi connectivity index (χ4v) is 2.14. The first-order valence-electron chi connectivity index (χ1n) is 6.04. The lowest BCUT2D eigenvalue weighted by atomic mass is 9.87. The number of nitrogens with one attached hydrogen (secondary N) is 1. The molecule has 1 N–H and O–H groups in total. The van der Waals surface area contributed by atoms with Gasteiger partial charge in [0, 0.05) is 18.0 Å². The van der Waals surface area contributed by atoms with Crippen LogP contribution in [0.2, 0.25) is 0 Å². The van der Waals surface area contributed by atoms with Gasteiger partial charge in [-0.25, -0.2) is 0 Å². The van der Waals surface area contributed by atoms with Crippen LogP contribution in [-0.2, 0) is 14.3 Å². The van der Waals surface area contributed by atoms with Crippen molar-refractivity contribution in [3.05, 3.63) is 30.3 Å². The summed E-state index contributed by atoms with van der Waals surface area (Å²) in [4.78, 5) is 23.1. The summed E-state index contributed by atoms with van der Waals surface area (Å²) in [5, 5.41) is 2.82. The zero-order valence-corrected chi connectivity index (χ0v) is 10.6. The molecule has 1 aromatic carbocycles. The molecule has 0 radical (unpaired) electrons. The molecule has 1 atom stereocenters. The second-order valence-electron chi connectivity index (χ2n) is 5.10. The Kier molecular flexibility index (Phi) is 3.36. The van der Waals surface area contributed by atoms with Gasteiger partial charge in [-0.3, -0.25) is 9.59 Å². The Morgan fingerprint density at radius 1 is 1.39 bits per heavy atom.